The number of benzene rings is 2. The Hall–Kier alpha value is -3.35. The largest absolute Gasteiger partial charge is 0.342 e. The maximum atomic E-state index is 12.9. The Morgan fingerprint density at radius 1 is 1.00 bits per heavy atom. The van der Waals surface area contributed by atoms with E-state index in [4.69, 9.17) is 0 Å². The van der Waals surface area contributed by atoms with Crippen LogP contribution in [0.15, 0.2) is 53.3 Å². The number of fused-ring (bicyclic) bond motifs is 1. The monoisotopic (exact) mass is 394 g/mol. The van der Waals surface area contributed by atoms with E-state index in [1.807, 2.05) is 49.4 Å². The van der Waals surface area contributed by atoms with Crippen molar-refractivity contribution in [3.63, 3.8) is 0 Å². The zero-order valence-corrected chi connectivity index (χ0v) is 17.0. The molecule has 1 aromatic heterocycles. The minimum absolute atomic E-state index is 0.0542. The van der Waals surface area contributed by atoms with Gasteiger partial charge in [0.2, 0.25) is 11.8 Å². The molecule has 1 N–H and O–H groups in total. The molecule has 0 fully saturated rings. The molecule has 7 heteroatoms. The molecule has 0 spiro atoms. The third-order valence-electron chi connectivity index (χ3n) is 4.91. The molecule has 0 unspecified atom stereocenters. The number of anilines is 1. The first-order valence-electron chi connectivity index (χ1n) is 9.70. The van der Waals surface area contributed by atoms with Crippen LogP contribution >= 0.6 is 0 Å². The van der Waals surface area contributed by atoms with Crippen molar-refractivity contribution in [3.8, 4) is 0 Å². The fourth-order valence-corrected chi connectivity index (χ4v) is 3.35. The van der Waals surface area contributed by atoms with E-state index >= 15 is 0 Å². The average Bonchev–Trinajstić information content (AvgIpc) is 2.95. The van der Waals surface area contributed by atoms with Gasteiger partial charge in [-0.2, -0.15) is 0 Å². The van der Waals surface area contributed by atoms with Crippen LogP contribution in [0.3, 0.4) is 0 Å². The lowest BCUT2D eigenvalue weighted by atomic mass is 10.1. The topological polar surface area (TPSA) is 76.3 Å². The fraction of sp³-hybridized carbons (Fsp3) is 0.318. The zero-order chi connectivity index (χ0) is 21.0. The first-order chi connectivity index (χ1) is 13.9. The van der Waals surface area contributed by atoms with Gasteiger partial charge in [-0.15, -0.1) is 0 Å². The van der Waals surface area contributed by atoms with Crippen molar-refractivity contribution < 1.29 is 9.59 Å². The van der Waals surface area contributed by atoms with Crippen molar-refractivity contribution in [2.24, 2.45) is 0 Å². The number of nitrogens with zero attached hydrogens (tertiary/aromatic N) is 3. The van der Waals surface area contributed by atoms with E-state index in [1.165, 1.54) is 11.5 Å². The van der Waals surface area contributed by atoms with Gasteiger partial charge >= 0.3 is 5.69 Å². The highest BCUT2D eigenvalue weighted by molar-refractivity contribution is 5.92. The first-order valence-corrected chi connectivity index (χ1v) is 9.70. The van der Waals surface area contributed by atoms with E-state index in [1.54, 1.807) is 22.6 Å². The summed E-state index contributed by atoms with van der Waals surface area (Å²) in [6.45, 7) is 4.43. The van der Waals surface area contributed by atoms with Gasteiger partial charge in [0, 0.05) is 32.7 Å². The quantitative estimate of drug-likeness (QED) is 0.669. The molecule has 2 aromatic carbocycles. The summed E-state index contributed by atoms with van der Waals surface area (Å²) in [5.41, 5.74) is 2.85. The smallest absolute Gasteiger partial charge is 0.329 e. The lowest BCUT2D eigenvalue weighted by Crippen LogP contribution is -2.30. The molecular weight excluding hydrogens is 368 g/mol. The number of rotatable bonds is 7. The number of hydrogen-bond donors (Lipinski definition) is 1. The van der Waals surface area contributed by atoms with Crippen LogP contribution in [-0.2, 0) is 29.2 Å². The average molecular weight is 394 g/mol. The maximum absolute atomic E-state index is 12.9. The lowest BCUT2D eigenvalue weighted by molar-refractivity contribution is -0.128. The summed E-state index contributed by atoms with van der Waals surface area (Å²) in [5.74, 6) is -0.342. The summed E-state index contributed by atoms with van der Waals surface area (Å²) in [7, 11) is 1.71. The van der Waals surface area contributed by atoms with Gasteiger partial charge < -0.3 is 10.2 Å². The molecule has 2 amide bonds. The second kappa shape index (κ2) is 8.77. The van der Waals surface area contributed by atoms with Gasteiger partial charge in [-0.05, 0) is 30.2 Å². The van der Waals surface area contributed by atoms with Crippen LogP contribution in [0, 0.1) is 0 Å². The Balaban J connectivity index is 1.85. The van der Waals surface area contributed by atoms with E-state index < -0.39 is 0 Å². The van der Waals surface area contributed by atoms with Gasteiger partial charge in [0.05, 0.1) is 11.0 Å². The number of hydrogen-bond acceptors (Lipinski definition) is 3. The third-order valence-corrected chi connectivity index (χ3v) is 4.91. The summed E-state index contributed by atoms with van der Waals surface area (Å²) < 4.78 is 3.21. The standard InChI is InChI=1S/C22H26N4O3/c1-4-13-25-19-11-7-8-12-20(19)26(22(25)29)15-21(28)23-18-10-6-5-9-17(18)14-24(3)16(2)27/h5-12H,4,13-15H2,1-3H3,(H,23,28). The number of para-hydroxylation sites is 3. The van der Waals surface area contributed by atoms with E-state index in [0.717, 1.165) is 23.0 Å². The van der Waals surface area contributed by atoms with Crippen LogP contribution in [0.5, 0.6) is 0 Å². The molecule has 3 aromatic rings. The highest BCUT2D eigenvalue weighted by Gasteiger charge is 2.16. The van der Waals surface area contributed by atoms with Crippen molar-refractivity contribution in [1.82, 2.24) is 14.0 Å². The molecule has 0 atom stereocenters. The lowest BCUT2D eigenvalue weighted by Gasteiger charge is -2.18. The highest BCUT2D eigenvalue weighted by atomic mass is 16.2. The van der Waals surface area contributed by atoms with E-state index in [2.05, 4.69) is 5.32 Å². The summed E-state index contributed by atoms with van der Waals surface area (Å²) in [4.78, 5) is 38.7. The number of aromatic nitrogens is 2. The van der Waals surface area contributed by atoms with E-state index in [-0.39, 0.29) is 24.0 Å². The molecular formula is C22H26N4O3. The number of nitrogens with one attached hydrogen (secondary N) is 1. The normalized spacial score (nSPS) is 10.9. The molecule has 3 rings (SSSR count). The van der Waals surface area contributed by atoms with Crippen LogP contribution < -0.4 is 11.0 Å². The Labute approximate surface area is 169 Å². The molecule has 0 radical (unpaired) electrons. The molecule has 0 saturated heterocycles. The Kier molecular flexibility index (Phi) is 6.16. The van der Waals surface area contributed by atoms with Gasteiger partial charge in [-0.1, -0.05) is 37.3 Å². The second-order valence-electron chi connectivity index (χ2n) is 7.09. The third kappa shape index (κ3) is 4.39. The van der Waals surface area contributed by atoms with Gasteiger partial charge in [0.25, 0.3) is 0 Å². The van der Waals surface area contributed by atoms with Crippen molar-refractivity contribution >= 4 is 28.5 Å². The Morgan fingerprint density at radius 3 is 2.28 bits per heavy atom. The van der Waals surface area contributed by atoms with Crippen molar-refractivity contribution in [2.75, 3.05) is 12.4 Å². The second-order valence-corrected chi connectivity index (χ2v) is 7.09. The van der Waals surface area contributed by atoms with Crippen LogP contribution in [0.25, 0.3) is 11.0 Å². The number of imidazole rings is 1. The van der Waals surface area contributed by atoms with E-state index in [0.29, 0.717) is 18.8 Å². The van der Waals surface area contributed by atoms with Crippen LogP contribution in [-0.4, -0.2) is 32.9 Å². The number of amides is 2. The van der Waals surface area contributed by atoms with Crippen LogP contribution in [0.1, 0.15) is 25.8 Å². The molecule has 29 heavy (non-hydrogen) atoms. The minimum atomic E-state index is -0.288. The predicted octanol–water partition coefficient (Wildman–Crippen LogP) is 2.83. The summed E-state index contributed by atoms with van der Waals surface area (Å²) in [5, 5.41) is 2.89. The van der Waals surface area contributed by atoms with Crippen molar-refractivity contribution in [2.45, 2.75) is 39.9 Å². The number of aryl methyl sites for hydroxylation is 1. The highest BCUT2D eigenvalue weighted by Crippen LogP contribution is 2.18. The van der Waals surface area contributed by atoms with Gasteiger partial charge in [-0.3, -0.25) is 18.7 Å². The summed E-state index contributed by atoms with van der Waals surface area (Å²) >= 11 is 0. The maximum Gasteiger partial charge on any atom is 0.329 e. The minimum Gasteiger partial charge on any atom is -0.342 e. The van der Waals surface area contributed by atoms with Gasteiger partial charge in [-0.25, -0.2) is 4.79 Å². The Morgan fingerprint density at radius 2 is 1.62 bits per heavy atom. The molecule has 0 aliphatic heterocycles. The summed E-state index contributed by atoms with van der Waals surface area (Å²) in [6.07, 6.45) is 0.831. The van der Waals surface area contributed by atoms with Crippen LogP contribution in [0.2, 0.25) is 0 Å². The summed E-state index contributed by atoms with van der Waals surface area (Å²) in [6, 6.07) is 14.9. The first kappa shape index (κ1) is 20.4. The SMILES string of the molecule is CCCn1c(=O)n(CC(=O)Nc2ccccc2CN(C)C(C)=O)c2ccccc21. The molecule has 0 bridgehead atoms. The molecule has 0 aliphatic rings. The van der Waals surface area contributed by atoms with Gasteiger partial charge in [0.1, 0.15) is 6.54 Å². The van der Waals surface area contributed by atoms with E-state index in [9.17, 15) is 14.4 Å². The van der Waals surface area contributed by atoms with Crippen molar-refractivity contribution in [1.29, 1.82) is 0 Å². The molecule has 0 aliphatic carbocycles. The predicted molar refractivity (Wildman–Crippen MR) is 114 cm³/mol. The van der Waals surface area contributed by atoms with Crippen molar-refractivity contribution in [3.05, 3.63) is 64.6 Å². The molecule has 0 saturated carbocycles. The molecule has 152 valence electrons. The fourth-order valence-electron chi connectivity index (χ4n) is 3.35. The Bertz CT molecular complexity index is 1100. The number of carbonyl (C=O) groups excluding carboxylic acids is 2. The molecule has 7 nitrogen and oxygen atoms in total. The van der Waals surface area contributed by atoms with Gasteiger partial charge in [0.15, 0.2) is 0 Å². The number of carbonyl (C=O) groups is 2. The zero-order valence-electron chi connectivity index (χ0n) is 17.0. The van der Waals surface area contributed by atoms with Crippen LogP contribution in [0.4, 0.5) is 5.69 Å². The molecule has 1 heterocycles.